The van der Waals surface area contributed by atoms with Crippen molar-refractivity contribution in [2.24, 2.45) is 5.73 Å². The van der Waals surface area contributed by atoms with E-state index in [-0.39, 0.29) is 12.2 Å². The fraction of sp³-hybridized carbons (Fsp3) is 0.429. The third-order valence-corrected chi connectivity index (χ3v) is 4.80. The van der Waals surface area contributed by atoms with Crippen LogP contribution in [-0.2, 0) is 35.2 Å². The molecule has 0 fully saturated rings. The molecule has 15 nitrogen and oxygen atoms in total. The average molecular weight is 512 g/mol. The first kappa shape index (κ1) is 29.8. The van der Waals surface area contributed by atoms with Gasteiger partial charge in [-0.1, -0.05) is 12.1 Å². The van der Waals surface area contributed by atoms with Crippen LogP contribution in [0, 0.1) is 0 Å². The molecule has 5 atom stereocenters. The van der Waals surface area contributed by atoms with E-state index in [0.717, 1.165) is 6.92 Å². The lowest BCUT2D eigenvalue weighted by Crippen LogP contribution is -2.60. The lowest BCUT2D eigenvalue weighted by atomic mass is 10.0. The Bertz CT molecular complexity index is 981. The largest absolute Gasteiger partial charge is 0.508 e. The SMILES string of the molecule is C[C@@H](O)[C@H](NC(=O)[C@@H](N)CC(=O)O)C(=O)N[C@@H](CC(=O)O)C(=O)N[C@@H](Cc1ccc(O)cc1)C(=O)O. The van der Waals surface area contributed by atoms with E-state index in [1.165, 1.54) is 24.3 Å². The van der Waals surface area contributed by atoms with Gasteiger partial charge in [0.1, 0.15) is 23.9 Å². The van der Waals surface area contributed by atoms with Gasteiger partial charge in [-0.25, -0.2) is 4.79 Å². The Hall–Kier alpha value is -4.24. The van der Waals surface area contributed by atoms with Gasteiger partial charge >= 0.3 is 17.9 Å². The molecule has 36 heavy (non-hydrogen) atoms. The van der Waals surface area contributed by atoms with Crippen LogP contribution in [0.5, 0.6) is 5.75 Å². The molecule has 0 saturated carbocycles. The van der Waals surface area contributed by atoms with Gasteiger partial charge in [0.2, 0.25) is 17.7 Å². The molecule has 15 heteroatoms. The van der Waals surface area contributed by atoms with Crippen molar-refractivity contribution in [3.05, 3.63) is 29.8 Å². The zero-order chi connectivity index (χ0) is 27.6. The number of aliphatic carboxylic acids is 3. The van der Waals surface area contributed by atoms with Crippen LogP contribution in [0.2, 0.25) is 0 Å². The molecule has 0 aliphatic rings. The van der Waals surface area contributed by atoms with Gasteiger partial charge in [-0.2, -0.15) is 0 Å². The van der Waals surface area contributed by atoms with E-state index in [1.807, 2.05) is 10.6 Å². The molecular formula is C21H28N4O11. The number of carboxylic acids is 3. The molecule has 0 saturated heterocycles. The van der Waals surface area contributed by atoms with Crippen LogP contribution >= 0.6 is 0 Å². The predicted octanol–water partition coefficient (Wildman–Crippen LogP) is -2.87. The minimum absolute atomic E-state index is 0.0671. The summed E-state index contributed by atoms with van der Waals surface area (Å²) in [6, 6.07) is -1.21. The highest BCUT2D eigenvalue weighted by Crippen LogP contribution is 2.12. The summed E-state index contributed by atoms with van der Waals surface area (Å²) in [7, 11) is 0. The normalized spacial score (nSPS) is 14.9. The monoisotopic (exact) mass is 512 g/mol. The Morgan fingerprint density at radius 3 is 1.81 bits per heavy atom. The zero-order valence-corrected chi connectivity index (χ0v) is 19.1. The number of phenols is 1. The maximum absolute atomic E-state index is 12.7. The standard InChI is InChI=1S/C21H28N4O11/c1-9(26)17(25-18(32)12(22)7-15(28)29)20(34)23-13(8-16(30)31)19(33)24-14(21(35)36)6-10-2-4-11(27)5-3-10/h2-5,9,12-14,17,26-27H,6-8,22H2,1H3,(H,23,34)(H,24,33)(H,25,32)(H,28,29)(H,30,31)(H,35,36)/t9-,12+,13+,14+,17+/m1/s1. The summed E-state index contributed by atoms with van der Waals surface area (Å²) >= 11 is 0. The van der Waals surface area contributed by atoms with Crippen molar-refractivity contribution in [3.63, 3.8) is 0 Å². The van der Waals surface area contributed by atoms with E-state index in [1.54, 1.807) is 0 Å². The molecule has 10 N–H and O–H groups in total. The molecule has 1 aromatic carbocycles. The van der Waals surface area contributed by atoms with E-state index in [9.17, 15) is 44.1 Å². The molecule has 0 radical (unpaired) electrons. The lowest BCUT2D eigenvalue weighted by molar-refractivity contribution is -0.143. The molecule has 0 unspecified atom stereocenters. The van der Waals surface area contributed by atoms with E-state index >= 15 is 0 Å². The van der Waals surface area contributed by atoms with Crippen LogP contribution in [0.15, 0.2) is 24.3 Å². The van der Waals surface area contributed by atoms with Gasteiger partial charge in [-0.3, -0.25) is 24.0 Å². The first-order valence-electron chi connectivity index (χ1n) is 10.5. The number of nitrogens with two attached hydrogens (primary N) is 1. The number of benzene rings is 1. The number of aliphatic hydroxyl groups is 1. The van der Waals surface area contributed by atoms with Gasteiger partial charge in [0.25, 0.3) is 0 Å². The first-order valence-corrected chi connectivity index (χ1v) is 10.5. The zero-order valence-electron chi connectivity index (χ0n) is 19.1. The van der Waals surface area contributed by atoms with Crippen LogP contribution in [0.1, 0.15) is 25.3 Å². The third-order valence-electron chi connectivity index (χ3n) is 4.80. The summed E-state index contributed by atoms with van der Waals surface area (Å²) in [4.78, 5) is 71.0. The minimum Gasteiger partial charge on any atom is -0.508 e. The summed E-state index contributed by atoms with van der Waals surface area (Å²) in [5, 5.41) is 52.7. The Labute approximate surface area is 204 Å². The molecule has 0 bridgehead atoms. The van der Waals surface area contributed by atoms with E-state index < -0.39 is 78.7 Å². The number of rotatable bonds is 14. The summed E-state index contributed by atoms with van der Waals surface area (Å²) in [5.41, 5.74) is 5.84. The van der Waals surface area contributed by atoms with Crippen molar-refractivity contribution in [1.82, 2.24) is 16.0 Å². The van der Waals surface area contributed by atoms with Crippen molar-refractivity contribution in [3.8, 4) is 5.75 Å². The third kappa shape index (κ3) is 9.94. The molecule has 0 aliphatic carbocycles. The summed E-state index contributed by atoms with van der Waals surface area (Å²) < 4.78 is 0. The van der Waals surface area contributed by atoms with Gasteiger partial charge in [-0.15, -0.1) is 0 Å². The van der Waals surface area contributed by atoms with Crippen LogP contribution in [0.3, 0.4) is 0 Å². The molecular weight excluding hydrogens is 484 g/mol. The summed E-state index contributed by atoms with van der Waals surface area (Å²) in [5.74, 6) is -7.92. The first-order chi connectivity index (χ1) is 16.7. The summed E-state index contributed by atoms with van der Waals surface area (Å²) in [6.07, 6.45) is -3.55. The van der Waals surface area contributed by atoms with Gasteiger partial charge in [0.15, 0.2) is 0 Å². The Kier molecular flexibility index (Phi) is 11.3. The number of hydrogen-bond acceptors (Lipinski definition) is 9. The number of aliphatic hydroxyl groups excluding tert-OH is 1. The number of carboxylic acid groups (broad SMARTS) is 3. The maximum atomic E-state index is 12.7. The number of phenolic OH excluding ortho intramolecular Hbond substituents is 1. The molecule has 3 amide bonds. The molecule has 198 valence electrons. The molecule has 0 heterocycles. The number of amides is 3. The van der Waals surface area contributed by atoms with E-state index in [4.69, 9.17) is 15.9 Å². The fourth-order valence-corrected chi connectivity index (χ4v) is 2.93. The second-order valence-corrected chi connectivity index (χ2v) is 7.86. The van der Waals surface area contributed by atoms with Crippen LogP contribution < -0.4 is 21.7 Å². The van der Waals surface area contributed by atoms with Crippen molar-refractivity contribution < 1.29 is 54.3 Å². The highest BCUT2D eigenvalue weighted by Gasteiger charge is 2.33. The van der Waals surface area contributed by atoms with E-state index in [2.05, 4.69) is 5.32 Å². The van der Waals surface area contributed by atoms with Crippen LogP contribution in [-0.4, -0.2) is 91.4 Å². The highest BCUT2D eigenvalue weighted by atomic mass is 16.4. The minimum atomic E-state index is -1.80. The highest BCUT2D eigenvalue weighted by molar-refractivity contribution is 5.96. The molecule has 1 rings (SSSR count). The van der Waals surface area contributed by atoms with Crippen molar-refractivity contribution >= 4 is 35.6 Å². The number of aromatic hydroxyl groups is 1. The Morgan fingerprint density at radius 2 is 1.33 bits per heavy atom. The second-order valence-electron chi connectivity index (χ2n) is 7.86. The van der Waals surface area contributed by atoms with Gasteiger partial charge in [0.05, 0.1) is 25.0 Å². The number of hydrogen-bond donors (Lipinski definition) is 9. The van der Waals surface area contributed by atoms with Crippen molar-refractivity contribution in [2.45, 2.75) is 56.5 Å². The lowest BCUT2D eigenvalue weighted by Gasteiger charge is -2.25. The Morgan fingerprint density at radius 1 is 0.806 bits per heavy atom. The average Bonchev–Trinajstić information content (AvgIpc) is 2.76. The quantitative estimate of drug-likeness (QED) is 0.122. The van der Waals surface area contributed by atoms with Gasteiger partial charge < -0.3 is 47.2 Å². The van der Waals surface area contributed by atoms with Crippen molar-refractivity contribution in [2.75, 3.05) is 0 Å². The molecule has 1 aromatic rings. The predicted molar refractivity (Wildman–Crippen MR) is 119 cm³/mol. The van der Waals surface area contributed by atoms with E-state index in [0.29, 0.717) is 5.56 Å². The molecule has 0 aliphatic heterocycles. The number of carbonyl (C=O) groups excluding carboxylic acids is 3. The summed E-state index contributed by atoms with van der Waals surface area (Å²) in [6.45, 7) is 1.09. The van der Waals surface area contributed by atoms with Crippen LogP contribution in [0.4, 0.5) is 0 Å². The van der Waals surface area contributed by atoms with Crippen molar-refractivity contribution in [1.29, 1.82) is 0 Å². The van der Waals surface area contributed by atoms with Gasteiger partial charge in [-0.05, 0) is 24.6 Å². The number of nitrogens with one attached hydrogen (secondary N) is 3. The topological polar surface area (TPSA) is 266 Å². The fourth-order valence-electron chi connectivity index (χ4n) is 2.93. The maximum Gasteiger partial charge on any atom is 0.326 e. The van der Waals surface area contributed by atoms with Crippen LogP contribution in [0.25, 0.3) is 0 Å². The Balaban J connectivity index is 3.00. The smallest absolute Gasteiger partial charge is 0.326 e. The van der Waals surface area contributed by atoms with Gasteiger partial charge in [0, 0.05) is 6.42 Å². The molecule has 0 spiro atoms. The number of carbonyl (C=O) groups is 6. The second kappa shape index (κ2) is 13.6. The molecule has 0 aromatic heterocycles.